The molecule has 1 aromatic heterocycles. The second-order valence-electron chi connectivity index (χ2n) is 3.95. The third-order valence-electron chi connectivity index (χ3n) is 2.60. The van der Waals surface area contributed by atoms with Gasteiger partial charge in [-0.2, -0.15) is 0 Å². The van der Waals surface area contributed by atoms with Gasteiger partial charge in [-0.15, -0.1) is 0 Å². The van der Waals surface area contributed by atoms with Crippen molar-refractivity contribution in [2.24, 2.45) is 0 Å². The molecule has 0 fully saturated rings. The fraction of sp³-hybridized carbons (Fsp3) is 0.231. The minimum Gasteiger partial charge on any atom is -0.478 e. The molecule has 0 saturated heterocycles. The predicted molar refractivity (Wildman–Crippen MR) is 69.4 cm³/mol. The molecule has 18 heavy (non-hydrogen) atoms. The maximum atomic E-state index is 10.2. The first-order chi connectivity index (χ1) is 8.75. The first kappa shape index (κ1) is 12.3. The van der Waals surface area contributed by atoms with E-state index in [1.165, 1.54) is 5.56 Å². The average molecular weight is 245 g/mol. The topological polar surface area (TPSA) is 78.0 Å². The Bertz CT molecular complexity index is 560. The van der Waals surface area contributed by atoms with Crippen LogP contribution in [-0.4, -0.2) is 34.1 Å². The lowest BCUT2D eigenvalue weighted by Gasteiger charge is -2.02. The Morgan fingerprint density at radius 2 is 2.39 bits per heavy atom. The van der Waals surface area contributed by atoms with E-state index in [4.69, 9.17) is 5.11 Å². The fourth-order valence-corrected chi connectivity index (χ4v) is 1.72. The number of aliphatic carboxylic acids is 1. The number of nitrogens with zero attached hydrogens (tertiary/aromatic N) is 1. The molecule has 0 unspecified atom stereocenters. The van der Waals surface area contributed by atoms with Gasteiger partial charge in [0.25, 0.3) is 0 Å². The van der Waals surface area contributed by atoms with Gasteiger partial charge in [0.05, 0.1) is 17.4 Å². The SMILES string of the molecule is O=C(O)/C=C/CNCCc1ccc2nc[nH]c2c1. The van der Waals surface area contributed by atoms with Crippen molar-refractivity contribution in [2.45, 2.75) is 6.42 Å². The summed E-state index contributed by atoms with van der Waals surface area (Å²) in [7, 11) is 0. The summed E-state index contributed by atoms with van der Waals surface area (Å²) >= 11 is 0. The molecule has 0 saturated carbocycles. The highest BCUT2D eigenvalue weighted by Crippen LogP contribution is 2.11. The predicted octanol–water partition coefficient (Wildman–Crippen LogP) is 1.34. The van der Waals surface area contributed by atoms with Crippen molar-refractivity contribution < 1.29 is 9.90 Å². The van der Waals surface area contributed by atoms with Gasteiger partial charge in [-0.05, 0) is 30.7 Å². The number of nitrogens with one attached hydrogen (secondary N) is 2. The van der Waals surface area contributed by atoms with Gasteiger partial charge < -0.3 is 15.4 Å². The molecule has 1 heterocycles. The van der Waals surface area contributed by atoms with Crippen LogP contribution in [-0.2, 0) is 11.2 Å². The lowest BCUT2D eigenvalue weighted by atomic mass is 10.1. The van der Waals surface area contributed by atoms with Gasteiger partial charge in [-0.1, -0.05) is 12.1 Å². The van der Waals surface area contributed by atoms with Crippen LogP contribution in [0.1, 0.15) is 5.56 Å². The molecular formula is C13H15N3O2. The van der Waals surface area contributed by atoms with E-state index in [2.05, 4.69) is 27.4 Å². The monoisotopic (exact) mass is 245 g/mol. The zero-order valence-corrected chi connectivity index (χ0v) is 9.89. The van der Waals surface area contributed by atoms with Crippen LogP contribution in [0, 0.1) is 0 Å². The lowest BCUT2D eigenvalue weighted by molar-refractivity contribution is -0.131. The van der Waals surface area contributed by atoms with Gasteiger partial charge in [0.1, 0.15) is 0 Å². The van der Waals surface area contributed by atoms with Crippen molar-refractivity contribution in [3.8, 4) is 0 Å². The largest absolute Gasteiger partial charge is 0.478 e. The van der Waals surface area contributed by atoms with Gasteiger partial charge in [0.2, 0.25) is 0 Å². The van der Waals surface area contributed by atoms with Crippen molar-refractivity contribution >= 4 is 17.0 Å². The van der Waals surface area contributed by atoms with Gasteiger partial charge in [0, 0.05) is 12.6 Å². The Morgan fingerprint density at radius 3 is 3.22 bits per heavy atom. The third kappa shape index (κ3) is 3.43. The number of benzene rings is 1. The number of imidazole rings is 1. The van der Waals surface area contributed by atoms with Gasteiger partial charge in [-0.25, -0.2) is 9.78 Å². The van der Waals surface area contributed by atoms with Crippen LogP contribution >= 0.6 is 0 Å². The van der Waals surface area contributed by atoms with Crippen molar-refractivity contribution in [1.29, 1.82) is 0 Å². The van der Waals surface area contributed by atoms with E-state index in [-0.39, 0.29) is 0 Å². The van der Waals surface area contributed by atoms with Crippen LogP contribution in [0.15, 0.2) is 36.7 Å². The number of H-pyrrole nitrogens is 1. The van der Waals surface area contributed by atoms with E-state index >= 15 is 0 Å². The van der Waals surface area contributed by atoms with E-state index in [0.717, 1.165) is 30.1 Å². The van der Waals surface area contributed by atoms with E-state index < -0.39 is 5.97 Å². The van der Waals surface area contributed by atoms with Gasteiger partial charge >= 0.3 is 5.97 Å². The number of hydrogen-bond donors (Lipinski definition) is 3. The van der Waals surface area contributed by atoms with Crippen LogP contribution in [0.4, 0.5) is 0 Å². The summed E-state index contributed by atoms with van der Waals surface area (Å²) in [5.41, 5.74) is 3.23. The smallest absolute Gasteiger partial charge is 0.328 e. The highest BCUT2D eigenvalue weighted by Gasteiger charge is 1.97. The normalized spacial score (nSPS) is 11.3. The second-order valence-corrected chi connectivity index (χ2v) is 3.95. The first-order valence-electron chi connectivity index (χ1n) is 5.78. The molecule has 5 nitrogen and oxygen atoms in total. The summed E-state index contributed by atoms with van der Waals surface area (Å²) in [4.78, 5) is 17.5. The maximum absolute atomic E-state index is 10.2. The standard InChI is InChI=1S/C13H15N3O2/c17-13(18)2-1-6-14-7-5-10-3-4-11-12(8-10)16-9-15-11/h1-4,8-9,14H,5-7H2,(H,15,16)(H,17,18)/b2-1+. The van der Waals surface area contributed by atoms with E-state index in [0.29, 0.717) is 6.54 Å². The number of carboxylic acid groups (broad SMARTS) is 1. The highest BCUT2D eigenvalue weighted by atomic mass is 16.4. The zero-order chi connectivity index (χ0) is 12.8. The van der Waals surface area contributed by atoms with Crippen LogP contribution in [0.25, 0.3) is 11.0 Å². The fourth-order valence-electron chi connectivity index (χ4n) is 1.72. The van der Waals surface area contributed by atoms with Crippen LogP contribution < -0.4 is 5.32 Å². The summed E-state index contributed by atoms with van der Waals surface area (Å²) in [6, 6.07) is 6.13. The molecule has 2 aromatic rings. The number of aromatic amines is 1. The molecule has 0 atom stereocenters. The van der Waals surface area contributed by atoms with E-state index in [1.807, 2.05) is 6.07 Å². The van der Waals surface area contributed by atoms with Gasteiger partial charge in [0.15, 0.2) is 0 Å². The van der Waals surface area contributed by atoms with Crippen LogP contribution in [0.2, 0.25) is 0 Å². The second kappa shape index (κ2) is 5.97. The van der Waals surface area contributed by atoms with Crippen molar-refractivity contribution in [3.05, 3.63) is 42.2 Å². The quantitative estimate of drug-likeness (QED) is 0.530. The first-order valence-corrected chi connectivity index (χ1v) is 5.78. The van der Waals surface area contributed by atoms with Crippen LogP contribution in [0.3, 0.4) is 0 Å². The summed E-state index contributed by atoms with van der Waals surface area (Å²) < 4.78 is 0. The number of aromatic nitrogens is 2. The molecular weight excluding hydrogens is 230 g/mol. The van der Waals surface area contributed by atoms with E-state index in [9.17, 15) is 4.79 Å². The summed E-state index contributed by atoms with van der Waals surface area (Å²) in [6.45, 7) is 1.38. The molecule has 3 N–H and O–H groups in total. The summed E-state index contributed by atoms with van der Waals surface area (Å²) in [5, 5.41) is 11.6. The van der Waals surface area contributed by atoms with E-state index in [1.54, 1.807) is 12.4 Å². The average Bonchev–Trinajstić information content (AvgIpc) is 2.80. The molecule has 0 bridgehead atoms. The van der Waals surface area contributed by atoms with Crippen LogP contribution in [0.5, 0.6) is 0 Å². The molecule has 94 valence electrons. The number of fused-ring (bicyclic) bond motifs is 1. The molecule has 0 aliphatic rings. The number of rotatable bonds is 6. The molecule has 0 amide bonds. The molecule has 2 rings (SSSR count). The number of carbonyl (C=O) groups is 1. The van der Waals surface area contributed by atoms with Crippen molar-refractivity contribution in [1.82, 2.24) is 15.3 Å². The number of carboxylic acids is 1. The lowest BCUT2D eigenvalue weighted by Crippen LogP contribution is -2.17. The van der Waals surface area contributed by atoms with Gasteiger partial charge in [-0.3, -0.25) is 0 Å². The van der Waals surface area contributed by atoms with Crippen molar-refractivity contribution in [3.63, 3.8) is 0 Å². The Balaban J connectivity index is 1.78. The molecule has 0 aliphatic heterocycles. The summed E-state index contributed by atoms with van der Waals surface area (Å²) in [6.07, 6.45) is 5.32. The Kier molecular flexibility index (Phi) is 4.09. The molecule has 5 heteroatoms. The third-order valence-corrected chi connectivity index (χ3v) is 2.60. The maximum Gasteiger partial charge on any atom is 0.328 e. The minimum absolute atomic E-state index is 0.568. The number of hydrogen-bond acceptors (Lipinski definition) is 3. The summed E-state index contributed by atoms with van der Waals surface area (Å²) in [5.74, 6) is -0.915. The zero-order valence-electron chi connectivity index (χ0n) is 9.89. The van der Waals surface area contributed by atoms with Crippen molar-refractivity contribution in [2.75, 3.05) is 13.1 Å². The Hall–Kier alpha value is -2.14. The molecule has 0 spiro atoms. The Morgan fingerprint density at radius 1 is 1.50 bits per heavy atom. The highest BCUT2D eigenvalue weighted by molar-refractivity contribution is 5.79. The minimum atomic E-state index is -0.915. The molecule has 0 radical (unpaired) electrons. The molecule has 0 aliphatic carbocycles. The molecule has 1 aromatic carbocycles. The Labute approximate surface area is 105 Å².